The summed E-state index contributed by atoms with van der Waals surface area (Å²) in [6.07, 6.45) is 1.14. The molecule has 0 atom stereocenters. The Morgan fingerprint density at radius 2 is 2.06 bits per heavy atom. The standard InChI is InChI=1S/C15H23N3/c1-6-9-17(4)15-13-8-7-12(11(2)3)10-14(13)18(5)16-15/h7-8,10-11H,6,9H2,1-5H3. The van der Waals surface area contributed by atoms with E-state index in [4.69, 9.17) is 0 Å². The van der Waals surface area contributed by atoms with Crippen LogP contribution in [0.25, 0.3) is 10.9 Å². The van der Waals surface area contributed by atoms with E-state index in [1.54, 1.807) is 0 Å². The molecule has 1 heterocycles. The molecule has 0 amide bonds. The average Bonchev–Trinajstić information content (AvgIpc) is 2.67. The number of anilines is 1. The first-order valence-electron chi connectivity index (χ1n) is 6.72. The lowest BCUT2D eigenvalue weighted by Crippen LogP contribution is -2.18. The van der Waals surface area contributed by atoms with Crippen molar-refractivity contribution in [1.82, 2.24) is 9.78 Å². The molecule has 0 saturated carbocycles. The van der Waals surface area contributed by atoms with Crippen molar-refractivity contribution in [2.24, 2.45) is 7.05 Å². The lowest BCUT2D eigenvalue weighted by molar-refractivity contribution is 0.765. The minimum absolute atomic E-state index is 0.557. The highest BCUT2D eigenvalue weighted by Gasteiger charge is 2.13. The molecule has 0 bridgehead atoms. The Balaban J connectivity index is 2.52. The number of benzene rings is 1. The van der Waals surface area contributed by atoms with Crippen molar-refractivity contribution in [3.8, 4) is 0 Å². The highest BCUT2D eigenvalue weighted by atomic mass is 15.3. The fraction of sp³-hybridized carbons (Fsp3) is 0.533. The first kappa shape index (κ1) is 12.9. The summed E-state index contributed by atoms with van der Waals surface area (Å²) in [6.45, 7) is 7.68. The summed E-state index contributed by atoms with van der Waals surface area (Å²) in [5.74, 6) is 1.64. The highest BCUT2D eigenvalue weighted by Crippen LogP contribution is 2.28. The van der Waals surface area contributed by atoms with E-state index in [-0.39, 0.29) is 0 Å². The lowest BCUT2D eigenvalue weighted by Gasteiger charge is -2.15. The first-order chi connectivity index (χ1) is 8.54. The monoisotopic (exact) mass is 245 g/mol. The molecule has 0 radical (unpaired) electrons. The van der Waals surface area contributed by atoms with Gasteiger partial charge in [0.25, 0.3) is 0 Å². The van der Waals surface area contributed by atoms with Gasteiger partial charge >= 0.3 is 0 Å². The Bertz CT molecular complexity index is 540. The summed E-state index contributed by atoms with van der Waals surface area (Å²) in [4.78, 5) is 2.23. The Kier molecular flexibility index (Phi) is 3.60. The third-order valence-electron chi connectivity index (χ3n) is 3.44. The maximum Gasteiger partial charge on any atom is 0.158 e. The molecule has 0 aliphatic rings. The SMILES string of the molecule is CCCN(C)c1nn(C)c2cc(C(C)C)ccc12. The fourth-order valence-corrected chi connectivity index (χ4v) is 2.34. The summed E-state index contributed by atoms with van der Waals surface area (Å²) < 4.78 is 1.99. The molecule has 0 saturated heterocycles. The minimum atomic E-state index is 0.557. The molecule has 1 aromatic heterocycles. The van der Waals surface area contributed by atoms with E-state index in [9.17, 15) is 0 Å². The predicted molar refractivity (Wildman–Crippen MR) is 78.4 cm³/mol. The Labute approximate surface area is 109 Å². The van der Waals surface area contributed by atoms with Crippen molar-refractivity contribution < 1.29 is 0 Å². The molecule has 0 aliphatic heterocycles. The molecule has 0 N–H and O–H groups in total. The van der Waals surface area contributed by atoms with Gasteiger partial charge < -0.3 is 4.90 Å². The molecule has 1 aromatic carbocycles. The van der Waals surface area contributed by atoms with Crippen LogP contribution in [-0.2, 0) is 7.05 Å². The van der Waals surface area contributed by atoms with Gasteiger partial charge in [0.2, 0.25) is 0 Å². The summed E-state index contributed by atoms with van der Waals surface area (Å²) >= 11 is 0. The quantitative estimate of drug-likeness (QED) is 0.821. The van der Waals surface area contributed by atoms with Crippen LogP contribution < -0.4 is 4.90 Å². The van der Waals surface area contributed by atoms with Crippen LogP contribution in [0.1, 0.15) is 38.7 Å². The van der Waals surface area contributed by atoms with Crippen molar-refractivity contribution in [3.05, 3.63) is 23.8 Å². The topological polar surface area (TPSA) is 21.1 Å². The second kappa shape index (κ2) is 5.01. The Morgan fingerprint density at radius 1 is 1.33 bits per heavy atom. The van der Waals surface area contributed by atoms with Crippen LogP contribution in [0.15, 0.2) is 18.2 Å². The molecular weight excluding hydrogens is 222 g/mol. The third kappa shape index (κ3) is 2.22. The maximum atomic E-state index is 4.65. The van der Waals surface area contributed by atoms with Crippen LogP contribution in [0.4, 0.5) is 5.82 Å². The summed E-state index contributed by atoms with van der Waals surface area (Å²) in [6, 6.07) is 6.69. The van der Waals surface area contributed by atoms with E-state index >= 15 is 0 Å². The number of rotatable bonds is 4. The summed E-state index contributed by atoms with van der Waals surface area (Å²) in [5, 5.41) is 5.90. The van der Waals surface area contributed by atoms with Crippen LogP contribution >= 0.6 is 0 Å². The van der Waals surface area contributed by atoms with Gasteiger partial charge in [-0.15, -0.1) is 0 Å². The van der Waals surface area contributed by atoms with Gasteiger partial charge in [0.1, 0.15) is 0 Å². The molecule has 0 unspecified atom stereocenters. The molecule has 0 aliphatic carbocycles. The number of fused-ring (bicyclic) bond motifs is 1. The van der Waals surface area contributed by atoms with Gasteiger partial charge in [-0.25, -0.2) is 0 Å². The molecule has 3 heteroatoms. The van der Waals surface area contributed by atoms with E-state index < -0.39 is 0 Å². The van der Waals surface area contributed by atoms with Crippen LogP contribution in [0, 0.1) is 0 Å². The summed E-state index contributed by atoms with van der Waals surface area (Å²) in [7, 11) is 4.14. The van der Waals surface area contributed by atoms with Crippen LogP contribution in [0.2, 0.25) is 0 Å². The zero-order valence-electron chi connectivity index (χ0n) is 12.1. The van der Waals surface area contributed by atoms with Gasteiger partial charge in [0, 0.05) is 26.0 Å². The maximum absolute atomic E-state index is 4.65. The number of nitrogens with zero attached hydrogens (tertiary/aromatic N) is 3. The molecule has 0 fully saturated rings. The van der Waals surface area contributed by atoms with Crippen molar-refractivity contribution >= 4 is 16.7 Å². The van der Waals surface area contributed by atoms with Crippen molar-refractivity contribution in [2.45, 2.75) is 33.1 Å². The molecular formula is C15H23N3. The van der Waals surface area contributed by atoms with Crippen molar-refractivity contribution in [1.29, 1.82) is 0 Å². The number of hydrogen-bond donors (Lipinski definition) is 0. The van der Waals surface area contributed by atoms with Crippen LogP contribution in [0.3, 0.4) is 0 Å². The molecule has 2 rings (SSSR count). The molecule has 3 nitrogen and oxygen atoms in total. The normalized spacial score (nSPS) is 11.4. The van der Waals surface area contributed by atoms with Gasteiger partial charge in [-0.05, 0) is 30.0 Å². The van der Waals surface area contributed by atoms with Crippen LogP contribution in [0.5, 0.6) is 0 Å². The highest BCUT2D eigenvalue weighted by molar-refractivity contribution is 5.91. The van der Waals surface area contributed by atoms with E-state index in [0.29, 0.717) is 5.92 Å². The smallest absolute Gasteiger partial charge is 0.158 e. The molecule has 2 aromatic rings. The van der Waals surface area contributed by atoms with Gasteiger partial charge in [0.15, 0.2) is 5.82 Å². The number of aromatic nitrogens is 2. The summed E-state index contributed by atoms with van der Waals surface area (Å²) in [5.41, 5.74) is 2.59. The number of aryl methyl sites for hydroxylation is 1. The second-order valence-corrected chi connectivity index (χ2v) is 5.30. The predicted octanol–water partition coefficient (Wildman–Crippen LogP) is 3.54. The van der Waals surface area contributed by atoms with E-state index in [1.165, 1.54) is 16.5 Å². The van der Waals surface area contributed by atoms with Gasteiger partial charge in [-0.3, -0.25) is 4.68 Å². The zero-order chi connectivity index (χ0) is 13.3. The van der Waals surface area contributed by atoms with Crippen molar-refractivity contribution in [2.75, 3.05) is 18.5 Å². The number of hydrogen-bond acceptors (Lipinski definition) is 2. The average molecular weight is 245 g/mol. The molecule has 18 heavy (non-hydrogen) atoms. The van der Waals surface area contributed by atoms with Gasteiger partial charge in [-0.2, -0.15) is 5.10 Å². The molecule has 0 spiro atoms. The van der Waals surface area contributed by atoms with Crippen LogP contribution in [-0.4, -0.2) is 23.4 Å². The van der Waals surface area contributed by atoms with Crippen molar-refractivity contribution in [3.63, 3.8) is 0 Å². The fourth-order valence-electron chi connectivity index (χ4n) is 2.34. The van der Waals surface area contributed by atoms with Gasteiger partial charge in [-0.1, -0.05) is 26.8 Å². The first-order valence-corrected chi connectivity index (χ1v) is 6.72. The lowest BCUT2D eigenvalue weighted by atomic mass is 10.0. The third-order valence-corrected chi connectivity index (χ3v) is 3.44. The second-order valence-electron chi connectivity index (χ2n) is 5.30. The van der Waals surface area contributed by atoms with E-state index in [1.807, 2.05) is 11.7 Å². The molecule has 98 valence electrons. The van der Waals surface area contributed by atoms with E-state index in [2.05, 4.69) is 56.0 Å². The van der Waals surface area contributed by atoms with E-state index in [0.717, 1.165) is 18.8 Å². The largest absolute Gasteiger partial charge is 0.358 e. The zero-order valence-corrected chi connectivity index (χ0v) is 12.1. The van der Waals surface area contributed by atoms with Gasteiger partial charge in [0.05, 0.1) is 5.52 Å². The Morgan fingerprint density at radius 3 is 2.67 bits per heavy atom. The Hall–Kier alpha value is -1.51. The minimum Gasteiger partial charge on any atom is -0.358 e.